The average molecular weight is 760 g/mol. The number of hydrogen-bond acceptors (Lipinski definition) is 3. The third-order valence-electron chi connectivity index (χ3n) is 6.74. The van der Waals surface area contributed by atoms with E-state index in [1.807, 2.05) is 26.3 Å². The zero-order valence-corrected chi connectivity index (χ0v) is 35.4. The number of hydrogen-bond donors (Lipinski definition) is 0. The van der Waals surface area contributed by atoms with Crippen molar-refractivity contribution < 1.29 is 9.59 Å². The van der Waals surface area contributed by atoms with E-state index < -0.39 is 7.92 Å². The van der Waals surface area contributed by atoms with Gasteiger partial charge in [-0.3, -0.25) is 14.5 Å². The van der Waals surface area contributed by atoms with Crippen LogP contribution >= 0.6 is 7.92 Å². The van der Waals surface area contributed by atoms with Gasteiger partial charge in [0.2, 0.25) is 11.8 Å². The Hall–Kier alpha value is -6.07. The molecule has 0 aromatic carbocycles. The minimum atomic E-state index is -1.23. The van der Waals surface area contributed by atoms with Crippen molar-refractivity contribution in [1.82, 2.24) is 14.7 Å². The molecule has 5 nitrogen and oxygen atoms in total. The van der Waals surface area contributed by atoms with Crippen molar-refractivity contribution in [3.63, 3.8) is 0 Å². The molecule has 0 N–H and O–H groups in total. The summed E-state index contributed by atoms with van der Waals surface area (Å²) in [5.41, 5.74) is 56.7. The fourth-order valence-electron chi connectivity index (χ4n) is 4.83. The van der Waals surface area contributed by atoms with Gasteiger partial charge in [0.1, 0.15) is 0 Å². The normalized spacial score (nSPS) is 9.30. The lowest BCUT2D eigenvalue weighted by atomic mass is 10.1. The fourth-order valence-corrected chi connectivity index (χ4v) is 6.22. The van der Waals surface area contributed by atoms with Crippen LogP contribution in [0.3, 0.4) is 0 Å². The van der Waals surface area contributed by atoms with Crippen LogP contribution in [0.15, 0.2) is 157 Å². The van der Waals surface area contributed by atoms with E-state index in [9.17, 15) is 9.59 Å². The average Bonchev–Trinajstić information content (AvgIpc) is 3.12. The van der Waals surface area contributed by atoms with Gasteiger partial charge in [-0.05, 0) is 157 Å². The van der Waals surface area contributed by atoms with Crippen LogP contribution in [0.4, 0.5) is 0 Å². The number of amides is 2. The van der Waals surface area contributed by atoms with Crippen molar-refractivity contribution in [3.8, 4) is 0 Å². The van der Waals surface area contributed by atoms with E-state index >= 15 is 0 Å². The molecule has 0 spiro atoms. The van der Waals surface area contributed by atoms with Gasteiger partial charge in [-0.1, -0.05) is 89.8 Å². The van der Waals surface area contributed by atoms with Crippen molar-refractivity contribution in [1.29, 1.82) is 0 Å². The van der Waals surface area contributed by atoms with Crippen molar-refractivity contribution in [3.05, 3.63) is 157 Å². The highest BCUT2D eigenvalue weighted by molar-refractivity contribution is 7.68. The summed E-state index contributed by atoms with van der Waals surface area (Å²) < 4.78 is 0. The zero-order chi connectivity index (χ0) is 42.0. The molecule has 0 aliphatic rings. The highest BCUT2D eigenvalue weighted by atomic mass is 31.1. The fraction of sp³-hybridized carbons (Fsp3) is 0.420. The van der Waals surface area contributed by atoms with Gasteiger partial charge >= 0.3 is 0 Å². The van der Waals surface area contributed by atoms with Gasteiger partial charge in [-0.2, -0.15) is 0 Å². The highest BCUT2D eigenvalue weighted by Crippen LogP contribution is 2.48. The maximum Gasteiger partial charge on any atom is 0.236 e. The lowest BCUT2D eigenvalue weighted by Crippen LogP contribution is -2.48. The molecule has 0 rings (SSSR count). The maximum atomic E-state index is 13.9. The molecule has 0 radical (unpaired) electrons. The molecule has 56 heavy (non-hydrogen) atoms. The second-order valence-corrected chi connectivity index (χ2v) is 15.8. The standard InChI is InChI=1S/C50H54N3O2P/c1-12-15-18-21-24-27-30-36-56(37-31-28-25-22-19-16-13-2)48(33-29-26-23-20-17-14-3)34-32-35-51(42-49(54)52(38-44(4)5)39-45(6)7)43-50(55)53(40-46(8)9)41-47(10)11/h36-37,44-47H,1-3,32,34-35,38-43H2,4-11H3. The lowest BCUT2D eigenvalue weighted by molar-refractivity contribution is -0.137. The summed E-state index contributed by atoms with van der Waals surface area (Å²) in [7, 11) is -1.23. The van der Waals surface area contributed by atoms with Gasteiger partial charge in [-0.15, -0.1) is 0 Å². The van der Waals surface area contributed by atoms with E-state index in [2.05, 4.69) is 195 Å². The molecule has 0 atom stereocenters. The van der Waals surface area contributed by atoms with Crippen LogP contribution in [0.2, 0.25) is 0 Å². The Morgan fingerprint density at radius 3 is 1.21 bits per heavy atom. The van der Waals surface area contributed by atoms with Crippen molar-refractivity contribution in [2.75, 3.05) is 45.8 Å². The van der Waals surface area contributed by atoms with Crippen molar-refractivity contribution in [2.45, 2.75) is 68.2 Å². The molecule has 0 saturated heterocycles. The van der Waals surface area contributed by atoms with E-state index in [0.717, 1.165) is 5.31 Å². The van der Waals surface area contributed by atoms with Crippen LogP contribution in [-0.4, -0.2) is 72.3 Å². The third-order valence-corrected chi connectivity index (χ3v) is 8.51. The molecule has 6 heteroatoms. The summed E-state index contributed by atoms with van der Waals surface area (Å²) in [6.45, 7) is 30.6. The SMILES string of the molecule is C=C=C=C=C=C=C=C=CP(C=C=C=C=C=C=C=C=C)C(=C=C=C=C=C=C=C=C)CCCN(CC(=O)N(CC(C)C)CC(C)C)CC(=O)N(CC(C)C)CC(C)C. The first kappa shape index (κ1) is 49.9. The number of nitrogens with zero attached hydrogens (tertiary/aromatic N) is 3. The lowest BCUT2D eigenvalue weighted by Gasteiger charge is -2.32. The van der Waals surface area contributed by atoms with E-state index in [1.165, 1.54) is 0 Å². The first-order valence-electron chi connectivity index (χ1n) is 18.5. The second-order valence-electron chi connectivity index (χ2n) is 13.9. The largest absolute Gasteiger partial charge is 0.341 e. The molecule has 0 saturated carbocycles. The molecule has 0 aliphatic carbocycles. The van der Waals surface area contributed by atoms with Gasteiger partial charge in [-0.25, -0.2) is 0 Å². The van der Waals surface area contributed by atoms with Crippen LogP contribution in [0, 0.1) is 23.7 Å². The molecule has 0 aromatic rings. The Balaban J connectivity index is 7.40. The predicted octanol–water partition coefficient (Wildman–Crippen LogP) is 9.89. The van der Waals surface area contributed by atoms with Gasteiger partial charge in [0.05, 0.1) is 13.1 Å². The summed E-state index contributed by atoms with van der Waals surface area (Å²) in [4.78, 5) is 33.5. The van der Waals surface area contributed by atoms with Crippen LogP contribution in [0.1, 0.15) is 68.2 Å². The Kier molecular flexibility index (Phi) is 28.9. The molecule has 0 fully saturated rings. The smallest absolute Gasteiger partial charge is 0.236 e. The number of carbonyl (C=O) groups excluding carboxylic acids is 2. The summed E-state index contributed by atoms with van der Waals surface area (Å²) in [5.74, 6) is 4.90. The summed E-state index contributed by atoms with van der Waals surface area (Å²) >= 11 is 0. The van der Waals surface area contributed by atoms with Crippen molar-refractivity contribution in [2.24, 2.45) is 23.7 Å². The Morgan fingerprint density at radius 2 is 0.857 bits per heavy atom. The molecule has 0 bridgehead atoms. The number of carbonyl (C=O) groups is 2. The molecule has 286 valence electrons. The van der Waals surface area contributed by atoms with Crippen LogP contribution < -0.4 is 0 Å². The molecular weight excluding hydrogens is 706 g/mol. The monoisotopic (exact) mass is 759 g/mol. The first-order chi connectivity index (χ1) is 26.8. The minimum Gasteiger partial charge on any atom is -0.341 e. The molecule has 0 unspecified atom stereocenters. The molecular formula is C50H54N3O2P. The highest BCUT2D eigenvalue weighted by Gasteiger charge is 2.24. The molecule has 0 heterocycles. The molecule has 0 aliphatic heterocycles. The van der Waals surface area contributed by atoms with E-state index in [-0.39, 0.29) is 24.9 Å². The molecule has 2 amide bonds. The minimum absolute atomic E-state index is 0.0136. The number of allylic oxidation sites excluding steroid dienone is 1. The Labute approximate surface area is 337 Å². The maximum absolute atomic E-state index is 13.9. The van der Waals surface area contributed by atoms with E-state index in [1.54, 1.807) is 0 Å². The predicted molar refractivity (Wildman–Crippen MR) is 228 cm³/mol. The van der Waals surface area contributed by atoms with Gasteiger partial charge in [0, 0.05) is 43.1 Å². The summed E-state index contributed by atoms with van der Waals surface area (Å²) in [5, 5.41) is 0.837. The van der Waals surface area contributed by atoms with Gasteiger partial charge < -0.3 is 9.80 Å². The summed E-state index contributed by atoms with van der Waals surface area (Å²) in [6, 6.07) is 0. The van der Waals surface area contributed by atoms with E-state index in [0.29, 0.717) is 69.2 Å². The van der Waals surface area contributed by atoms with E-state index in [4.69, 9.17) is 0 Å². The zero-order valence-electron chi connectivity index (χ0n) is 34.6. The van der Waals surface area contributed by atoms with Crippen molar-refractivity contribution >= 4 is 19.7 Å². The Bertz CT molecular complexity index is 2090. The van der Waals surface area contributed by atoms with Gasteiger partial charge in [0.15, 0.2) is 0 Å². The third kappa shape index (κ3) is 27.5. The summed E-state index contributed by atoms with van der Waals surface area (Å²) in [6.07, 6.45) is 1.14. The van der Waals surface area contributed by atoms with Crippen LogP contribution in [0.25, 0.3) is 0 Å². The van der Waals surface area contributed by atoms with Gasteiger partial charge in [0.25, 0.3) is 0 Å². The topological polar surface area (TPSA) is 43.9 Å². The Morgan fingerprint density at radius 1 is 0.518 bits per heavy atom. The first-order valence-corrected chi connectivity index (χ1v) is 20.0. The van der Waals surface area contributed by atoms with Crippen LogP contribution in [0.5, 0.6) is 0 Å². The molecule has 0 aromatic heterocycles. The second kappa shape index (κ2) is 32.4. The quantitative estimate of drug-likeness (QED) is 0.0974. The van der Waals surface area contributed by atoms with Crippen LogP contribution in [-0.2, 0) is 9.59 Å². The number of rotatable bonds is 19.